The van der Waals surface area contributed by atoms with Gasteiger partial charge in [0, 0.05) is 51.7 Å². The van der Waals surface area contributed by atoms with E-state index in [0.717, 1.165) is 66.5 Å². The molecular weight excluding hydrogens is 496 g/mol. The van der Waals surface area contributed by atoms with Crippen LogP contribution in [0.25, 0.3) is 21.9 Å². The first-order valence-corrected chi connectivity index (χ1v) is 13.6. The van der Waals surface area contributed by atoms with E-state index in [-0.39, 0.29) is 24.6 Å². The van der Waals surface area contributed by atoms with Crippen molar-refractivity contribution in [2.24, 2.45) is 0 Å². The fourth-order valence-corrected chi connectivity index (χ4v) is 5.21. The highest BCUT2D eigenvalue weighted by Crippen LogP contribution is 2.31. The number of hydrogen-bond acceptors (Lipinski definition) is 9. The molecule has 1 aliphatic heterocycles. The molecule has 0 bridgehead atoms. The maximum absolute atomic E-state index is 12.1. The van der Waals surface area contributed by atoms with Crippen molar-refractivity contribution >= 4 is 39.6 Å². The maximum atomic E-state index is 12.1. The maximum Gasteiger partial charge on any atom is 0.241 e. The van der Waals surface area contributed by atoms with Crippen LogP contribution in [-0.4, -0.2) is 87.9 Å². The van der Waals surface area contributed by atoms with Crippen LogP contribution in [-0.2, 0) is 16.1 Å². The van der Waals surface area contributed by atoms with Gasteiger partial charge >= 0.3 is 0 Å². The predicted octanol–water partition coefficient (Wildman–Crippen LogP) is 3.10. The van der Waals surface area contributed by atoms with E-state index in [4.69, 9.17) is 14.5 Å². The molecule has 1 saturated carbocycles. The van der Waals surface area contributed by atoms with Crippen LogP contribution in [0, 0.1) is 0 Å². The molecule has 1 N–H and O–H groups in total. The molecule has 0 unspecified atom stereocenters. The summed E-state index contributed by atoms with van der Waals surface area (Å²) in [5, 5.41) is 4.44. The van der Waals surface area contributed by atoms with Crippen LogP contribution in [0.4, 0.5) is 11.8 Å². The van der Waals surface area contributed by atoms with E-state index in [1.807, 2.05) is 41.2 Å². The Morgan fingerprint density at radius 1 is 1.10 bits per heavy atom. The van der Waals surface area contributed by atoms with Gasteiger partial charge in [-0.1, -0.05) is 0 Å². The predicted molar refractivity (Wildman–Crippen MR) is 149 cm³/mol. The summed E-state index contributed by atoms with van der Waals surface area (Å²) in [6, 6.07) is 8.19. The average Bonchev–Trinajstić information content (AvgIpc) is 3.36. The number of carbonyl (C=O) groups is 1. The van der Waals surface area contributed by atoms with E-state index < -0.39 is 0 Å². The molecule has 6 rings (SSSR count). The van der Waals surface area contributed by atoms with Crippen molar-refractivity contribution in [3.8, 4) is 5.88 Å². The van der Waals surface area contributed by atoms with Gasteiger partial charge in [-0.15, -0.1) is 0 Å². The molecule has 0 radical (unpaired) electrons. The Morgan fingerprint density at radius 2 is 1.92 bits per heavy atom. The number of pyridine rings is 2. The minimum absolute atomic E-state index is 0.0287. The molecule has 4 aromatic rings. The Hall–Kier alpha value is -3.99. The number of anilines is 2. The molecule has 0 aromatic carbocycles. The van der Waals surface area contributed by atoms with E-state index in [9.17, 15) is 4.79 Å². The van der Waals surface area contributed by atoms with Crippen molar-refractivity contribution in [1.29, 1.82) is 0 Å². The number of nitrogens with one attached hydrogen (secondary N) is 1. The lowest BCUT2D eigenvalue weighted by atomic mass is 9.93. The molecule has 5 heterocycles. The number of hydrogen-bond donors (Lipinski definition) is 1. The van der Waals surface area contributed by atoms with Crippen molar-refractivity contribution in [3.63, 3.8) is 0 Å². The number of ether oxygens (including phenoxy) is 2. The summed E-state index contributed by atoms with van der Waals surface area (Å²) in [5.41, 5.74) is 2.57. The summed E-state index contributed by atoms with van der Waals surface area (Å²) in [4.78, 5) is 34.6. The summed E-state index contributed by atoms with van der Waals surface area (Å²) in [6.07, 6.45) is 9.29. The molecule has 1 aliphatic carbocycles. The zero-order valence-electron chi connectivity index (χ0n) is 22.4. The van der Waals surface area contributed by atoms with Gasteiger partial charge in [0.1, 0.15) is 18.5 Å². The number of rotatable bonds is 7. The zero-order valence-corrected chi connectivity index (χ0v) is 22.4. The van der Waals surface area contributed by atoms with Gasteiger partial charge in [0.25, 0.3) is 0 Å². The summed E-state index contributed by atoms with van der Waals surface area (Å²) in [5.74, 6) is 2.19. The second kappa shape index (κ2) is 11.0. The Balaban J connectivity index is 1.09. The lowest BCUT2D eigenvalue weighted by Crippen LogP contribution is -2.37. The normalized spacial score (nSPS) is 19.8. The number of nitrogens with zero attached hydrogens (tertiary/aromatic N) is 7. The zero-order chi connectivity index (χ0) is 26.8. The van der Waals surface area contributed by atoms with Crippen molar-refractivity contribution in [2.75, 3.05) is 50.6 Å². The van der Waals surface area contributed by atoms with E-state index in [0.29, 0.717) is 25.0 Å². The van der Waals surface area contributed by atoms with Crippen molar-refractivity contribution in [3.05, 3.63) is 42.9 Å². The Bertz CT molecular complexity index is 1460. The van der Waals surface area contributed by atoms with Crippen LogP contribution >= 0.6 is 0 Å². The van der Waals surface area contributed by atoms with Gasteiger partial charge in [0.2, 0.25) is 17.7 Å². The third kappa shape index (κ3) is 5.58. The average molecular weight is 531 g/mol. The summed E-state index contributed by atoms with van der Waals surface area (Å²) in [6.45, 7) is 3.30. The summed E-state index contributed by atoms with van der Waals surface area (Å²) in [7, 11) is 3.51. The molecule has 11 nitrogen and oxygen atoms in total. The molecule has 2 fully saturated rings. The molecule has 0 atom stereocenters. The first-order chi connectivity index (χ1) is 19.0. The highest BCUT2D eigenvalue weighted by molar-refractivity contribution is 5.86. The van der Waals surface area contributed by atoms with Gasteiger partial charge in [-0.3, -0.25) is 9.78 Å². The van der Waals surface area contributed by atoms with Crippen LogP contribution in [0.5, 0.6) is 5.88 Å². The van der Waals surface area contributed by atoms with E-state index in [1.54, 1.807) is 25.2 Å². The standard InChI is InChI=1S/C28H34N8O3/c1-34(2)26(37)18-36-11-9-22-24(36)17-30-28(32-22)31-19-5-7-20(8-6-19)39-27-21-4-3-10-29-23(21)16-25(33-27)35-12-14-38-15-13-35/h3-4,9-11,16-17,19-20H,5-8,12-15,18H2,1-2H3,(H,30,31,32)/t19-,20+. The smallest absolute Gasteiger partial charge is 0.241 e. The third-order valence-corrected chi connectivity index (χ3v) is 7.50. The van der Waals surface area contributed by atoms with E-state index in [1.165, 1.54) is 0 Å². The molecule has 1 amide bonds. The Kier molecular flexibility index (Phi) is 7.14. The van der Waals surface area contributed by atoms with Gasteiger partial charge in [-0.25, -0.2) is 9.97 Å². The Labute approximate surface area is 227 Å². The second-order valence-electron chi connectivity index (χ2n) is 10.4. The number of aromatic nitrogens is 5. The SMILES string of the molecule is CN(C)C(=O)Cn1ccc2nc(N[C@H]3CC[C@@H](Oc4nc(N5CCOCC5)cc5ncccc45)CC3)ncc21. The van der Waals surface area contributed by atoms with E-state index in [2.05, 4.69) is 25.2 Å². The molecule has 1 saturated heterocycles. The highest BCUT2D eigenvalue weighted by atomic mass is 16.5. The number of amides is 1. The minimum atomic E-state index is 0.0287. The van der Waals surface area contributed by atoms with Gasteiger partial charge < -0.3 is 29.2 Å². The molecule has 204 valence electrons. The molecule has 4 aromatic heterocycles. The Morgan fingerprint density at radius 3 is 2.72 bits per heavy atom. The molecular formula is C28H34N8O3. The fraction of sp³-hybridized carbons (Fsp3) is 0.464. The van der Waals surface area contributed by atoms with Gasteiger partial charge in [-0.2, -0.15) is 4.98 Å². The third-order valence-electron chi connectivity index (χ3n) is 7.50. The molecule has 0 spiro atoms. The van der Waals surface area contributed by atoms with Gasteiger partial charge in [-0.05, 0) is 43.9 Å². The molecule has 39 heavy (non-hydrogen) atoms. The second-order valence-corrected chi connectivity index (χ2v) is 10.4. The van der Waals surface area contributed by atoms with Crippen LogP contribution in [0.1, 0.15) is 25.7 Å². The fourth-order valence-electron chi connectivity index (χ4n) is 5.21. The van der Waals surface area contributed by atoms with E-state index >= 15 is 0 Å². The van der Waals surface area contributed by atoms with Crippen molar-refractivity contribution < 1.29 is 14.3 Å². The van der Waals surface area contributed by atoms with Crippen molar-refractivity contribution in [2.45, 2.75) is 44.4 Å². The number of morpholine rings is 1. The van der Waals surface area contributed by atoms with Crippen LogP contribution < -0.4 is 15.0 Å². The van der Waals surface area contributed by atoms with Crippen LogP contribution in [0.2, 0.25) is 0 Å². The largest absolute Gasteiger partial charge is 0.474 e. The van der Waals surface area contributed by atoms with Crippen LogP contribution in [0.3, 0.4) is 0 Å². The first kappa shape index (κ1) is 25.3. The lowest BCUT2D eigenvalue weighted by Gasteiger charge is -2.31. The molecule has 2 aliphatic rings. The minimum Gasteiger partial charge on any atom is -0.474 e. The van der Waals surface area contributed by atoms with Crippen molar-refractivity contribution in [1.82, 2.24) is 29.4 Å². The number of likely N-dealkylation sites (N-methyl/N-ethyl adjacent to an activating group) is 1. The number of carbonyl (C=O) groups excluding carboxylic acids is 1. The number of fused-ring (bicyclic) bond motifs is 2. The summed E-state index contributed by atoms with van der Waals surface area (Å²) >= 11 is 0. The quantitative estimate of drug-likeness (QED) is 0.385. The first-order valence-electron chi connectivity index (χ1n) is 13.6. The summed E-state index contributed by atoms with van der Waals surface area (Å²) < 4.78 is 13.9. The van der Waals surface area contributed by atoms with Crippen LogP contribution in [0.15, 0.2) is 42.9 Å². The molecule has 11 heteroatoms. The highest BCUT2D eigenvalue weighted by Gasteiger charge is 2.25. The lowest BCUT2D eigenvalue weighted by molar-refractivity contribution is -0.129. The monoisotopic (exact) mass is 530 g/mol. The van der Waals surface area contributed by atoms with Gasteiger partial charge in [0.15, 0.2) is 0 Å². The van der Waals surface area contributed by atoms with Gasteiger partial charge in [0.05, 0.1) is 41.3 Å². The topological polar surface area (TPSA) is 111 Å².